The predicted octanol–water partition coefficient (Wildman–Crippen LogP) is 3.81. The second kappa shape index (κ2) is 7.23. The standard InChI is InChI=1S/C18H12ClN5OS/c19-14-3-1-13(2-4-14)16(25)11-26-18-22-21-17-6-5-15(23-24(17)18)12-7-9-20-10-8-12/h1-10H,11H2. The van der Waals surface area contributed by atoms with Gasteiger partial charge in [0.1, 0.15) is 0 Å². The highest BCUT2D eigenvalue weighted by molar-refractivity contribution is 7.99. The maximum Gasteiger partial charge on any atom is 0.212 e. The van der Waals surface area contributed by atoms with Crippen LogP contribution in [0, 0.1) is 0 Å². The molecule has 4 aromatic rings. The minimum Gasteiger partial charge on any atom is -0.293 e. The number of carbonyl (C=O) groups excluding carboxylic acids is 1. The lowest BCUT2D eigenvalue weighted by Gasteiger charge is -2.03. The van der Waals surface area contributed by atoms with E-state index in [9.17, 15) is 4.79 Å². The molecule has 6 nitrogen and oxygen atoms in total. The fourth-order valence-electron chi connectivity index (χ4n) is 2.39. The summed E-state index contributed by atoms with van der Waals surface area (Å²) in [6.07, 6.45) is 3.43. The fourth-order valence-corrected chi connectivity index (χ4v) is 3.29. The number of benzene rings is 1. The normalized spacial score (nSPS) is 11.0. The zero-order chi connectivity index (χ0) is 17.9. The highest BCUT2D eigenvalue weighted by Gasteiger charge is 2.12. The van der Waals surface area contributed by atoms with Gasteiger partial charge in [-0.15, -0.1) is 10.2 Å². The zero-order valence-corrected chi connectivity index (χ0v) is 15.0. The second-order valence-electron chi connectivity index (χ2n) is 5.43. The van der Waals surface area contributed by atoms with Crippen LogP contribution < -0.4 is 0 Å². The predicted molar refractivity (Wildman–Crippen MR) is 101 cm³/mol. The van der Waals surface area contributed by atoms with Crippen LogP contribution >= 0.6 is 23.4 Å². The number of hydrogen-bond acceptors (Lipinski definition) is 6. The van der Waals surface area contributed by atoms with Crippen LogP contribution in [0.5, 0.6) is 0 Å². The molecule has 0 saturated carbocycles. The minimum atomic E-state index is -0.00583. The lowest BCUT2D eigenvalue weighted by atomic mass is 10.1. The van der Waals surface area contributed by atoms with Gasteiger partial charge in [-0.05, 0) is 48.5 Å². The van der Waals surface area contributed by atoms with Gasteiger partial charge in [0, 0.05) is 28.5 Å². The van der Waals surface area contributed by atoms with Crippen LogP contribution in [0.1, 0.15) is 10.4 Å². The number of carbonyl (C=O) groups is 1. The summed E-state index contributed by atoms with van der Waals surface area (Å²) in [6, 6.07) is 14.3. The summed E-state index contributed by atoms with van der Waals surface area (Å²) in [5.74, 6) is 0.234. The number of pyridine rings is 1. The van der Waals surface area contributed by atoms with Gasteiger partial charge in [0.05, 0.1) is 11.4 Å². The van der Waals surface area contributed by atoms with Gasteiger partial charge in [0.15, 0.2) is 11.4 Å². The molecule has 0 fully saturated rings. The van der Waals surface area contributed by atoms with Crippen LogP contribution in [-0.4, -0.2) is 36.3 Å². The maximum absolute atomic E-state index is 12.3. The Bertz CT molecular complexity index is 1070. The Labute approximate surface area is 158 Å². The van der Waals surface area contributed by atoms with E-state index < -0.39 is 0 Å². The van der Waals surface area contributed by atoms with Crippen molar-refractivity contribution in [3.63, 3.8) is 0 Å². The van der Waals surface area contributed by atoms with Crippen molar-refractivity contribution in [2.24, 2.45) is 0 Å². The summed E-state index contributed by atoms with van der Waals surface area (Å²) in [6.45, 7) is 0. The van der Waals surface area contributed by atoms with Crippen molar-refractivity contribution in [2.75, 3.05) is 5.75 Å². The van der Waals surface area contributed by atoms with Crippen LogP contribution in [-0.2, 0) is 0 Å². The Morgan fingerprint density at radius 1 is 1.00 bits per heavy atom. The summed E-state index contributed by atoms with van der Waals surface area (Å²) in [7, 11) is 0. The average molecular weight is 382 g/mol. The number of Topliss-reactive ketones (excluding diaryl/α,β-unsaturated/α-hetero) is 1. The number of rotatable bonds is 5. The molecule has 0 aliphatic rings. The maximum atomic E-state index is 12.3. The van der Waals surface area contributed by atoms with Crippen LogP contribution in [0.15, 0.2) is 66.1 Å². The van der Waals surface area contributed by atoms with E-state index in [0.717, 1.165) is 11.3 Å². The average Bonchev–Trinajstić information content (AvgIpc) is 3.09. The van der Waals surface area contributed by atoms with Crippen molar-refractivity contribution >= 4 is 34.8 Å². The van der Waals surface area contributed by atoms with Gasteiger partial charge in [0.2, 0.25) is 5.16 Å². The van der Waals surface area contributed by atoms with Gasteiger partial charge < -0.3 is 0 Å². The first-order chi connectivity index (χ1) is 12.7. The highest BCUT2D eigenvalue weighted by atomic mass is 35.5. The molecule has 4 rings (SSSR count). The summed E-state index contributed by atoms with van der Waals surface area (Å²) in [5, 5.41) is 14.0. The topological polar surface area (TPSA) is 73.0 Å². The van der Waals surface area contributed by atoms with E-state index in [1.165, 1.54) is 11.8 Å². The Hall–Kier alpha value is -2.77. The van der Waals surface area contributed by atoms with E-state index in [1.54, 1.807) is 41.2 Å². The number of halogens is 1. The van der Waals surface area contributed by atoms with Gasteiger partial charge in [-0.1, -0.05) is 23.4 Å². The van der Waals surface area contributed by atoms with Crippen LogP contribution in [0.3, 0.4) is 0 Å². The van der Waals surface area contributed by atoms with Crippen LogP contribution in [0.25, 0.3) is 16.9 Å². The molecule has 0 aliphatic carbocycles. The first-order valence-corrected chi connectivity index (χ1v) is 9.11. The Morgan fingerprint density at radius 3 is 2.54 bits per heavy atom. The number of hydrogen-bond donors (Lipinski definition) is 0. The zero-order valence-electron chi connectivity index (χ0n) is 13.4. The monoisotopic (exact) mass is 381 g/mol. The molecule has 0 N–H and O–H groups in total. The molecule has 0 bridgehead atoms. The van der Waals surface area contributed by atoms with Crippen molar-refractivity contribution in [2.45, 2.75) is 5.16 Å². The molecule has 0 unspecified atom stereocenters. The molecular formula is C18H12ClN5OS. The van der Waals surface area contributed by atoms with Crippen molar-refractivity contribution in [3.8, 4) is 11.3 Å². The van der Waals surface area contributed by atoms with Gasteiger partial charge in [-0.3, -0.25) is 9.78 Å². The van der Waals surface area contributed by atoms with Crippen molar-refractivity contribution in [3.05, 3.63) is 71.5 Å². The third-order valence-electron chi connectivity index (χ3n) is 3.71. The molecule has 3 heterocycles. The first kappa shape index (κ1) is 16.7. The van der Waals surface area contributed by atoms with E-state index in [2.05, 4.69) is 20.3 Å². The summed E-state index contributed by atoms with van der Waals surface area (Å²) >= 11 is 7.15. The van der Waals surface area contributed by atoms with Crippen molar-refractivity contribution < 1.29 is 4.79 Å². The van der Waals surface area contributed by atoms with Gasteiger partial charge in [0.25, 0.3) is 0 Å². The Balaban J connectivity index is 1.57. The van der Waals surface area contributed by atoms with E-state index in [4.69, 9.17) is 11.6 Å². The molecule has 0 aliphatic heterocycles. The fraction of sp³-hybridized carbons (Fsp3) is 0.0556. The highest BCUT2D eigenvalue weighted by Crippen LogP contribution is 2.21. The summed E-state index contributed by atoms with van der Waals surface area (Å²) in [5.41, 5.74) is 2.97. The first-order valence-electron chi connectivity index (χ1n) is 7.75. The summed E-state index contributed by atoms with van der Waals surface area (Å²) in [4.78, 5) is 16.3. The molecule has 26 heavy (non-hydrogen) atoms. The van der Waals surface area contributed by atoms with E-state index in [1.807, 2.05) is 24.3 Å². The largest absolute Gasteiger partial charge is 0.293 e. The van der Waals surface area contributed by atoms with Crippen LogP contribution in [0.4, 0.5) is 0 Å². The molecule has 8 heteroatoms. The van der Waals surface area contributed by atoms with Crippen LogP contribution in [0.2, 0.25) is 5.02 Å². The summed E-state index contributed by atoms with van der Waals surface area (Å²) < 4.78 is 1.65. The van der Waals surface area contributed by atoms with E-state index in [-0.39, 0.29) is 11.5 Å². The third-order valence-corrected chi connectivity index (χ3v) is 4.88. The number of aromatic nitrogens is 5. The molecule has 0 atom stereocenters. The number of nitrogens with zero attached hydrogens (tertiary/aromatic N) is 5. The van der Waals surface area contributed by atoms with Crippen molar-refractivity contribution in [1.29, 1.82) is 0 Å². The second-order valence-corrected chi connectivity index (χ2v) is 6.80. The van der Waals surface area contributed by atoms with Crippen molar-refractivity contribution in [1.82, 2.24) is 24.8 Å². The molecule has 0 amide bonds. The lowest BCUT2D eigenvalue weighted by Crippen LogP contribution is -2.03. The third kappa shape index (κ3) is 3.44. The van der Waals surface area contributed by atoms with E-state index >= 15 is 0 Å². The smallest absolute Gasteiger partial charge is 0.212 e. The Kier molecular flexibility index (Phi) is 4.64. The Morgan fingerprint density at radius 2 is 1.77 bits per heavy atom. The molecule has 1 aromatic carbocycles. The molecule has 3 aromatic heterocycles. The number of ketones is 1. The number of fused-ring (bicyclic) bond motifs is 1. The molecule has 0 spiro atoms. The quantitative estimate of drug-likeness (QED) is 0.386. The molecule has 128 valence electrons. The molecular weight excluding hydrogens is 370 g/mol. The van der Waals surface area contributed by atoms with Gasteiger partial charge in [-0.25, -0.2) is 0 Å². The minimum absolute atomic E-state index is 0.00583. The molecule has 0 saturated heterocycles. The van der Waals surface area contributed by atoms with E-state index in [0.29, 0.717) is 21.4 Å². The molecule has 0 radical (unpaired) electrons. The van der Waals surface area contributed by atoms with Gasteiger partial charge in [-0.2, -0.15) is 9.61 Å². The lowest BCUT2D eigenvalue weighted by molar-refractivity contribution is 0.102. The SMILES string of the molecule is O=C(CSc1nnc2ccc(-c3ccncc3)nn12)c1ccc(Cl)cc1. The van der Waals surface area contributed by atoms with Gasteiger partial charge >= 0.3 is 0 Å². The number of thioether (sulfide) groups is 1.